The molecule has 4 nitrogen and oxygen atoms in total. The first kappa shape index (κ1) is 13.2. The van der Waals surface area contributed by atoms with E-state index in [0.29, 0.717) is 5.56 Å². The summed E-state index contributed by atoms with van der Waals surface area (Å²) >= 11 is 0. The highest BCUT2D eigenvalue weighted by molar-refractivity contribution is 5.47. The highest BCUT2D eigenvalue weighted by atomic mass is 16.3. The Balaban J connectivity index is 2.52. The maximum Gasteiger partial charge on any atom is 0.157 e. The third-order valence-corrected chi connectivity index (χ3v) is 3.43. The summed E-state index contributed by atoms with van der Waals surface area (Å²) in [4.78, 5) is 0. The largest absolute Gasteiger partial charge is 0.508 e. The molecule has 2 rings (SSSR count). The SMILES string of the molecule is CC(CO)(c1ccc(O)cc1)c1ccc(O)c(O)c1. The van der Waals surface area contributed by atoms with Gasteiger partial charge in [-0.05, 0) is 42.3 Å². The van der Waals surface area contributed by atoms with Crippen LogP contribution < -0.4 is 0 Å². The molecule has 0 radical (unpaired) electrons. The van der Waals surface area contributed by atoms with Crippen molar-refractivity contribution in [3.8, 4) is 17.2 Å². The minimum absolute atomic E-state index is 0.151. The Labute approximate surface area is 111 Å². The smallest absolute Gasteiger partial charge is 0.157 e. The predicted octanol–water partition coefficient (Wildman–Crippen LogP) is 2.10. The summed E-state index contributed by atoms with van der Waals surface area (Å²) in [6.07, 6.45) is 0. The van der Waals surface area contributed by atoms with Crippen molar-refractivity contribution in [2.24, 2.45) is 0 Å². The van der Waals surface area contributed by atoms with E-state index in [0.717, 1.165) is 5.56 Å². The first-order valence-electron chi connectivity index (χ1n) is 5.90. The number of benzene rings is 2. The number of aliphatic hydroxyl groups excluding tert-OH is 1. The Bertz CT molecular complexity index is 577. The lowest BCUT2D eigenvalue weighted by atomic mass is 9.77. The molecular formula is C15H16O4. The average Bonchev–Trinajstić information content (AvgIpc) is 2.42. The zero-order valence-electron chi connectivity index (χ0n) is 10.5. The van der Waals surface area contributed by atoms with Crippen molar-refractivity contribution in [1.82, 2.24) is 0 Å². The second-order valence-corrected chi connectivity index (χ2v) is 4.74. The highest BCUT2D eigenvalue weighted by Gasteiger charge is 2.29. The molecule has 0 aromatic heterocycles. The minimum Gasteiger partial charge on any atom is -0.508 e. The lowest BCUT2D eigenvalue weighted by molar-refractivity contribution is 0.231. The van der Waals surface area contributed by atoms with E-state index in [4.69, 9.17) is 0 Å². The van der Waals surface area contributed by atoms with Crippen LogP contribution in [0.2, 0.25) is 0 Å². The molecule has 0 saturated heterocycles. The Hall–Kier alpha value is -2.20. The summed E-state index contributed by atoms with van der Waals surface area (Å²) in [5, 5.41) is 37.9. The van der Waals surface area contributed by atoms with Crippen LogP contribution >= 0.6 is 0 Å². The number of hydrogen-bond acceptors (Lipinski definition) is 4. The molecule has 0 saturated carbocycles. The molecule has 4 N–H and O–H groups in total. The van der Waals surface area contributed by atoms with Crippen LogP contribution in [0, 0.1) is 0 Å². The lowest BCUT2D eigenvalue weighted by Crippen LogP contribution is -2.28. The number of rotatable bonds is 3. The number of aliphatic hydroxyl groups is 1. The third kappa shape index (κ3) is 2.35. The molecule has 0 fully saturated rings. The Morgan fingerprint density at radius 1 is 0.842 bits per heavy atom. The van der Waals surface area contributed by atoms with E-state index in [1.807, 2.05) is 6.92 Å². The van der Waals surface area contributed by atoms with Crippen LogP contribution in [-0.4, -0.2) is 27.0 Å². The average molecular weight is 260 g/mol. The summed E-state index contributed by atoms with van der Waals surface area (Å²) in [5.41, 5.74) is 0.757. The second-order valence-electron chi connectivity index (χ2n) is 4.74. The van der Waals surface area contributed by atoms with Gasteiger partial charge in [-0.15, -0.1) is 0 Å². The minimum atomic E-state index is -0.723. The molecule has 0 bridgehead atoms. The molecule has 1 atom stereocenters. The van der Waals surface area contributed by atoms with Gasteiger partial charge in [-0.2, -0.15) is 0 Å². The molecule has 0 heterocycles. The van der Waals surface area contributed by atoms with Gasteiger partial charge in [-0.3, -0.25) is 0 Å². The molecule has 0 spiro atoms. The van der Waals surface area contributed by atoms with Crippen molar-refractivity contribution in [3.63, 3.8) is 0 Å². The molecule has 0 aliphatic carbocycles. The van der Waals surface area contributed by atoms with Crippen LogP contribution in [0.4, 0.5) is 0 Å². The predicted molar refractivity (Wildman–Crippen MR) is 71.4 cm³/mol. The van der Waals surface area contributed by atoms with Gasteiger partial charge < -0.3 is 20.4 Å². The van der Waals surface area contributed by atoms with Crippen LogP contribution in [0.1, 0.15) is 18.1 Å². The van der Waals surface area contributed by atoms with Crippen LogP contribution in [-0.2, 0) is 5.41 Å². The Morgan fingerprint density at radius 2 is 1.42 bits per heavy atom. The van der Waals surface area contributed by atoms with Crippen LogP contribution in [0.25, 0.3) is 0 Å². The van der Waals surface area contributed by atoms with Gasteiger partial charge in [0.2, 0.25) is 0 Å². The van der Waals surface area contributed by atoms with Crippen molar-refractivity contribution < 1.29 is 20.4 Å². The van der Waals surface area contributed by atoms with Gasteiger partial charge in [0.1, 0.15) is 5.75 Å². The van der Waals surface area contributed by atoms with Gasteiger partial charge in [0.15, 0.2) is 11.5 Å². The fourth-order valence-electron chi connectivity index (χ4n) is 2.05. The standard InChI is InChI=1S/C15H16O4/c1-15(9-16,10-2-5-12(17)6-3-10)11-4-7-13(18)14(19)8-11/h2-8,16-19H,9H2,1H3. The summed E-state index contributed by atoms with van der Waals surface area (Å²) in [5.74, 6) is -0.275. The molecular weight excluding hydrogens is 244 g/mol. The highest BCUT2D eigenvalue weighted by Crippen LogP contribution is 2.36. The topological polar surface area (TPSA) is 80.9 Å². The lowest BCUT2D eigenvalue weighted by Gasteiger charge is -2.29. The van der Waals surface area contributed by atoms with Crippen molar-refractivity contribution >= 4 is 0 Å². The summed E-state index contributed by atoms with van der Waals surface area (Å²) in [6.45, 7) is 1.66. The molecule has 100 valence electrons. The van der Waals surface area contributed by atoms with Gasteiger partial charge in [0.05, 0.1) is 6.61 Å². The van der Waals surface area contributed by atoms with Crippen LogP contribution in [0.15, 0.2) is 42.5 Å². The van der Waals surface area contributed by atoms with Crippen LogP contribution in [0.3, 0.4) is 0 Å². The number of hydrogen-bond donors (Lipinski definition) is 4. The van der Waals surface area contributed by atoms with Gasteiger partial charge in [0.25, 0.3) is 0 Å². The molecule has 19 heavy (non-hydrogen) atoms. The van der Waals surface area contributed by atoms with Crippen molar-refractivity contribution in [1.29, 1.82) is 0 Å². The van der Waals surface area contributed by atoms with E-state index >= 15 is 0 Å². The van der Waals surface area contributed by atoms with Gasteiger partial charge in [-0.1, -0.05) is 18.2 Å². The number of aromatic hydroxyl groups is 3. The second kappa shape index (κ2) is 4.82. The maximum atomic E-state index is 9.72. The zero-order valence-corrected chi connectivity index (χ0v) is 10.5. The van der Waals surface area contributed by atoms with Crippen molar-refractivity contribution in [2.45, 2.75) is 12.3 Å². The van der Waals surface area contributed by atoms with Crippen LogP contribution in [0.5, 0.6) is 17.2 Å². The number of phenols is 3. The van der Waals surface area contributed by atoms with E-state index in [1.165, 1.54) is 12.1 Å². The van der Waals surface area contributed by atoms with Gasteiger partial charge in [-0.25, -0.2) is 0 Å². The van der Waals surface area contributed by atoms with E-state index in [-0.39, 0.29) is 23.9 Å². The fraction of sp³-hybridized carbons (Fsp3) is 0.200. The molecule has 0 aliphatic heterocycles. The van der Waals surface area contributed by atoms with E-state index in [9.17, 15) is 20.4 Å². The van der Waals surface area contributed by atoms with E-state index < -0.39 is 5.41 Å². The number of phenolic OH excluding ortho intramolecular Hbond substituents is 3. The molecule has 0 amide bonds. The summed E-state index contributed by atoms with van der Waals surface area (Å²) in [6, 6.07) is 11.0. The first-order chi connectivity index (χ1) is 8.97. The first-order valence-corrected chi connectivity index (χ1v) is 5.90. The Morgan fingerprint density at radius 3 is 1.95 bits per heavy atom. The van der Waals surface area contributed by atoms with E-state index in [1.54, 1.807) is 30.3 Å². The molecule has 2 aromatic carbocycles. The quantitative estimate of drug-likeness (QED) is 0.637. The Kier molecular flexibility index (Phi) is 3.36. The van der Waals surface area contributed by atoms with E-state index in [2.05, 4.69) is 0 Å². The molecule has 1 unspecified atom stereocenters. The van der Waals surface area contributed by atoms with Crippen molar-refractivity contribution in [2.75, 3.05) is 6.61 Å². The van der Waals surface area contributed by atoms with Crippen molar-refractivity contribution in [3.05, 3.63) is 53.6 Å². The van der Waals surface area contributed by atoms with Gasteiger partial charge in [0, 0.05) is 5.41 Å². The zero-order chi connectivity index (χ0) is 14.0. The summed E-state index contributed by atoms with van der Waals surface area (Å²) < 4.78 is 0. The molecule has 2 aromatic rings. The summed E-state index contributed by atoms with van der Waals surface area (Å²) in [7, 11) is 0. The normalized spacial score (nSPS) is 14.0. The maximum absolute atomic E-state index is 9.72. The fourth-order valence-corrected chi connectivity index (χ4v) is 2.05. The molecule has 0 aliphatic rings. The monoisotopic (exact) mass is 260 g/mol. The molecule has 4 heteroatoms. The third-order valence-electron chi connectivity index (χ3n) is 3.43. The van der Waals surface area contributed by atoms with Gasteiger partial charge >= 0.3 is 0 Å².